The molecule has 0 saturated carbocycles. The van der Waals surface area contributed by atoms with Crippen molar-refractivity contribution in [2.45, 2.75) is 19.4 Å². The van der Waals surface area contributed by atoms with Crippen molar-refractivity contribution in [2.75, 3.05) is 13.1 Å². The Morgan fingerprint density at radius 1 is 1.16 bits per heavy atom. The predicted octanol–water partition coefficient (Wildman–Crippen LogP) is 2.97. The predicted molar refractivity (Wildman–Crippen MR) is 75.4 cm³/mol. The van der Waals surface area contributed by atoms with E-state index < -0.39 is 0 Å². The largest absolute Gasteiger partial charge is 0.297 e. The van der Waals surface area contributed by atoms with Gasteiger partial charge in [-0.1, -0.05) is 24.3 Å². The highest BCUT2D eigenvalue weighted by molar-refractivity contribution is 5.78. The molecular formula is C16H17N3. The van der Waals surface area contributed by atoms with Crippen LogP contribution in [0.3, 0.4) is 0 Å². The highest BCUT2D eigenvalue weighted by Crippen LogP contribution is 2.18. The number of likely N-dealkylation sites (tertiary alicyclic amines) is 1. The van der Waals surface area contributed by atoms with Crippen LogP contribution in [0.15, 0.2) is 36.4 Å². The van der Waals surface area contributed by atoms with Crippen molar-refractivity contribution >= 4 is 10.9 Å². The Bertz CT molecular complexity index is 607. The second-order valence-electron chi connectivity index (χ2n) is 5.17. The minimum Gasteiger partial charge on any atom is -0.297 e. The van der Waals surface area contributed by atoms with E-state index in [2.05, 4.69) is 35.2 Å². The van der Waals surface area contributed by atoms with Gasteiger partial charge in [0.05, 0.1) is 17.3 Å². The molecule has 0 aliphatic carbocycles. The van der Waals surface area contributed by atoms with Gasteiger partial charge in [0, 0.05) is 17.8 Å². The average Bonchev–Trinajstić information content (AvgIpc) is 2.48. The van der Waals surface area contributed by atoms with E-state index in [4.69, 9.17) is 10.2 Å². The number of rotatable bonds is 2. The van der Waals surface area contributed by atoms with Crippen LogP contribution in [0.5, 0.6) is 0 Å². The standard InChI is InChI=1S/C16H17N3/c17-11-13-7-9-19(10-8-13)12-15-6-5-14-3-1-2-4-16(14)18-15/h1-6,13H,7-10,12H2. The van der Waals surface area contributed by atoms with Gasteiger partial charge in [-0.2, -0.15) is 5.26 Å². The van der Waals surface area contributed by atoms with Crippen molar-refractivity contribution in [2.24, 2.45) is 5.92 Å². The fraction of sp³-hybridized carbons (Fsp3) is 0.375. The summed E-state index contributed by atoms with van der Waals surface area (Å²) in [5.74, 6) is 0.251. The van der Waals surface area contributed by atoms with Crippen LogP contribution in [0.1, 0.15) is 18.5 Å². The van der Waals surface area contributed by atoms with Gasteiger partial charge in [0.1, 0.15) is 0 Å². The molecule has 0 amide bonds. The molecule has 96 valence electrons. The highest BCUT2D eigenvalue weighted by Gasteiger charge is 2.18. The van der Waals surface area contributed by atoms with E-state index in [1.807, 2.05) is 12.1 Å². The highest BCUT2D eigenvalue weighted by atomic mass is 15.1. The molecule has 0 radical (unpaired) electrons. The molecule has 0 spiro atoms. The van der Waals surface area contributed by atoms with Gasteiger partial charge in [0.25, 0.3) is 0 Å². The fourth-order valence-corrected chi connectivity index (χ4v) is 2.65. The lowest BCUT2D eigenvalue weighted by Crippen LogP contribution is -2.33. The van der Waals surface area contributed by atoms with Gasteiger partial charge in [0.15, 0.2) is 0 Å². The fourth-order valence-electron chi connectivity index (χ4n) is 2.65. The van der Waals surface area contributed by atoms with Crippen molar-refractivity contribution in [3.8, 4) is 6.07 Å². The molecule has 1 fully saturated rings. The summed E-state index contributed by atoms with van der Waals surface area (Å²) in [6.07, 6.45) is 1.98. The van der Waals surface area contributed by atoms with Crippen LogP contribution in [-0.2, 0) is 6.54 Å². The maximum absolute atomic E-state index is 8.90. The molecule has 0 unspecified atom stereocenters. The van der Waals surface area contributed by atoms with Crippen molar-refractivity contribution in [1.29, 1.82) is 5.26 Å². The van der Waals surface area contributed by atoms with Gasteiger partial charge >= 0.3 is 0 Å². The first-order chi connectivity index (χ1) is 9.35. The first-order valence-electron chi connectivity index (χ1n) is 6.82. The Hall–Kier alpha value is -1.92. The second-order valence-corrected chi connectivity index (χ2v) is 5.17. The summed E-state index contributed by atoms with van der Waals surface area (Å²) >= 11 is 0. The van der Waals surface area contributed by atoms with Crippen LogP contribution in [-0.4, -0.2) is 23.0 Å². The lowest BCUT2D eigenvalue weighted by atomic mass is 9.98. The molecule has 3 heteroatoms. The molecular weight excluding hydrogens is 234 g/mol. The summed E-state index contributed by atoms with van der Waals surface area (Å²) in [5.41, 5.74) is 2.18. The molecule has 19 heavy (non-hydrogen) atoms. The van der Waals surface area contributed by atoms with Crippen LogP contribution >= 0.6 is 0 Å². The lowest BCUT2D eigenvalue weighted by molar-refractivity contribution is 0.196. The third-order valence-electron chi connectivity index (χ3n) is 3.81. The number of benzene rings is 1. The molecule has 0 bridgehead atoms. The Kier molecular flexibility index (Phi) is 3.43. The first-order valence-corrected chi connectivity index (χ1v) is 6.82. The maximum atomic E-state index is 8.90. The van der Waals surface area contributed by atoms with Crippen molar-refractivity contribution < 1.29 is 0 Å². The first kappa shape index (κ1) is 12.1. The summed E-state index contributed by atoms with van der Waals surface area (Å²) < 4.78 is 0. The summed E-state index contributed by atoms with van der Waals surface area (Å²) in [4.78, 5) is 7.10. The third kappa shape index (κ3) is 2.74. The third-order valence-corrected chi connectivity index (χ3v) is 3.81. The van der Waals surface area contributed by atoms with Crippen LogP contribution in [0.2, 0.25) is 0 Å². The van der Waals surface area contributed by atoms with Gasteiger partial charge in [-0.05, 0) is 38.1 Å². The zero-order valence-electron chi connectivity index (χ0n) is 10.9. The molecule has 0 atom stereocenters. The van der Waals surface area contributed by atoms with Crippen molar-refractivity contribution in [3.63, 3.8) is 0 Å². The number of pyridine rings is 1. The molecule has 1 aliphatic heterocycles. The minimum atomic E-state index is 0.251. The minimum absolute atomic E-state index is 0.251. The van der Waals surface area contributed by atoms with E-state index in [0.29, 0.717) is 0 Å². The van der Waals surface area contributed by atoms with E-state index in [9.17, 15) is 0 Å². The Balaban J connectivity index is 1.70. The number of aromatic nitrogens is 1. The molecule has 2 aromatic rings. The van der Waals surface area contributed by atoms with Crippen LogP contribution in [0, 0.1) is 17.2 Å². The molecule has 1 aromatic heterocycles. The normalized spacial score (nSPS) is 17.4. The molecule has 0 N–H and O–H groups in total. The number of nitrogens with zero attached hydrogens (tertiary/aromatic N) is 3. The lowest BCUT2D eigenvalue weighted by Gasteiger charge is -2.28. The smallest absolute Gasteiger partial charge is 0.0705 e. The Morgan fingerprint density at radius 2 is 1.95 bits per heavy atom. The van der Waals surface area contributed by atoms with E-state index in [1.165, 1.54) is 5.39 Å². The van der Waals surface area contributed by atoms with Crippen molar-refractivity contribution in [3.05, 3.63) is 42.1 Å². The van der Waals surface area contributed by atoms with E-state index in [-0.39, 0.29) is 5.92 Å². The second kappa shape index (κ2) is 5.38. The van der Waals surface area contributed by atoms with E-state index in [0.717, 1.165) is 43.7 Å². The van der Waals surface area contributed by atoms with Crippen LogP contribution in [0.4, 0.5) is 0 Å². The van der Waals surface area contributed by atoms with Crippen molar-refractivity contribution in [1.82, 2.24) is 9.88 Å². The van der Waals surface area contributed by atoms with E-state index >= 15 is 0 Å². The zero-order chi connectivity index (χ0) is 13.1. The molecule has 3 nitrogen and oxygen atoms in total. The number of nitriles is 1. The van der Waals surface area contributed by atoms with Crippen LogP contribution < -0.4 is 0 Å². The summed E-state index contributed by atoms with van der Waals surface area (Å²) in [6, 6.07) is 14.8. The molecule has 1 aliphatic rings. The maximum Gasteiger partial charge on any atom is 0.0705 e. The molecule has 1 aromatic carbocycles. The van der Waals surface area contributed by atoms with Gasteiger partial charge in [0.2, 0.25) is 0 Å². The zero-order valence-corrected chi connectivity index (χ0v) is 10.9. The monoisotopic (exact) mass is 251 g/mol. The Labute approximate surface area is 113 Å². The number of piperidine rings is 1. The van der Waals surface area contributed by atoms with Gasteiger partial charge in [-0.15, -0.1) is 0 Å². The molecule has 1 saturated heterocycles. The summed E-state index contributed by atoms with van der Waals surface area (Å²) in [6.45, 7) is 2.91. The summed E-state index contributed by atoms with van der Waals surface area (Å²) in [7, 11) is 0. The topological polar surface area (TPSA) is 39.9 Å². The summed E-state index contributed by atoms with van der Waals surface area (Å²) in [5, 5.41) is 10.1. The van der Waals surface area contributed by atoms with Gasteiger partial charge in [-0.3, -0.25) is 9.88 Å². The number of fused-ring (bicyclic) bond motifs is 1. The Morgan fingerprint density at radius 3 is 2.74 bits per heavy atom. The quantitative estimate of drug-likeness (QED) is 0.823. The van der Waals surface area contributed by atoms with Gasteiger partial charge in [-0.25, -0.2) is 0 Å². The number of para-hydroxylation sites is 1. The SMILES string of the molecule is N#CC1CCN(Cc2ccc3ccccc3n2)CC1. The van der Waals surface area contributed by atoms with Gasteiger partial charge < -0.3 is 0 Å². The number of hydrogen-bond donors (Lipinski definition) is 0. The number of hydrogen-bond acceptors (Lipinski definition) is 3. The average molecular weight is 251 g/mol. The molecule has 3 rings (SSSR count). The van der Waals surface area contributed by atoms with E-state index in [1.54, 1.807) is 0 Å². The van der Waals surface area contributed by atoms with Crippen LogP contribution in [0.25, 0.3) is 10.9 Å². The molecule has 2 heterocycles.